The van der Waals surface area contributed by atoms with Crippen LogP contribution in [0.4, 0.5) is 18.9 Å². The Morgan fingerprint density at radius 3 is 2.47 bits per heavy atom. The Hall–Kier alpha value is -1.90. The van der Waals surface area contributed by atoms with Gasteiger partial charge in [-0.3, -0.25) is 15.2 Å². The lowest BCUT2D eigenvalue weighted by atomic mass is 10.1. The number of hydrogen-bond acceptors (Lipinski definition) is 3. The molecule has 5 nitrogen and oxygen atoms in total. The van der Waals surface area contributed by atoms with E-state index in [-0.39, 0.29) is 21.4 Å². The van der Waals surface area contributed by atoms with Gasteiger partial charge in [-0.25, -0.2) is 0 Å². The number of aromatic nitrogens is 2. The van der Waals surface area contributed by atoms with Crippen LogP contribution >= 0.6 is 15.9 Å². The second-order valence-electron chi connectivity index (χ2n) is 3.53. The topological polar surface area (TPSA) is 71.8 Å². The molecule has 0 aliphatic heterocycles. The SMILES string of the molecule is O=[N+]([O-])c1ccccc1-c1n[nH]c(C(F)(F)F)c1Br. The van der Waals surface area contributed by atoms with Crippen LogP contribution in [0.3, 0.4) is 0 Å². The maximum Gasteiger partial charge on any atom is 0.433 e. The van der Waals surface area contributed by atoms with Gasteiger partial charge in [0, 0.05) is 6.07 Å². The molecule has 0 radical (unpaired) electrons. The van der Waals surface area contributed by atoms with Gasteiger partial charge in [0.2, 0.25) is 0 Å². The highest BCUT2D eigenvalue weighted by molar-refractivity contribution is 9.10. The predicted octanol–water partition coefficient (Wildman–Crippen LogP) is 3.77. The zero-order chi connectivity index (χ0) is 14.2. The summed E-state index contributed by atoms with van der Waals surface area (Å²) in [7, 11) is 0. The molecule has 0 aliphatic carbocycles. The average Bonchev–Trinajstić information content (AvgIpc) is 2.70. The first-order valence-electron chi connectivity index (χ1n) is 4.87. The lowest BCUT2D eigenvalue weighted by Crippen LogP contribution is -2.06. The Morgan fingerprint density at radius 2 is 1.95 bits per heavy atom. The van der Waals surface area contributed by atoms with Gasteiger partial charge in [0.1, 0.15) is 5.69 Å². The maximum atomic E-state index is 12.6. The third-order valence-corrected chi connectivity index (χ3v) is 3.12. The maximum absolute atomic E-state index is 12.6. The number of nitrogens with one attached hydrogen (secondary N) is 1. The number of nitrogens with zero attached hydrogens (tertiary/aromatic N) is 2. The largest absolute Gasteiger partial charge is 0.433 e. The van der Waals surface area contributed by atoms with Crippen molar-refractivity contribution in [2.24, 2.45) is 0 Å². The number of aromatic amines is 1. The van der Waals surface area contributed by atoms with Crippen molar-refractivity contribution in [1.29, 1.82) is 0 Å². The normalized spacial score (nSPS) is 11.6. The molecule has 0 unspecified atom stereocenters. The minimum Gasteiger partial charge on any atom is -0.272 e. The Bertz CT molecular complexity index is 639. The first-order chi connectivity index (χ1) is 8.82. The van der Waals surface area contributed by atoms with Crippen molar-refractivity contribution < 1.29 is 18.1 Å². The van der Waals surface area contributed by atoms with Crippen molar-refractivity contribution in [3.05, 3.63) is 44.5 Å². The summed E-state index contributed by atoms with van der Waals surface area (Å²) in [6.07, 6.45) is -4.62. The number of para-hydroxylation sites is 1. The lowest BCUT2D eigenvalue weighted by Gasteiger charge is -2.03. The molecule has 0 spiro atoms. The van der Waals surface area contributed by atoms with Gasteiger partial charge in [0.15, 0.2) is 5.69 Å². The summed E-state index contributed by atoms with van der Waals surface area (Å²) in [5.41, 5.74) is -1.55. The molecule has 2 aromatic rings. The molecule has 0 aliphatic rings. The number of nitro groups is 1. The van der Waals surface area contributed by atoms with E-state index in [1.807, 2.05) is 5.10 Å². The Morgan fingerprint density at radius 1 is 1.32 bits per heavy atom. The zero-order valence-electron chi connectivity index (χ0n) is 9.03. The zero-order valence-corrected chi connectivity index (χ0v) is 10.6. The highest BCUT2D eigenvalue weighted by atomic mass is 79.9. The van der Waals surface area contributed by atoms with Crippen LogP contribution in [0, 0.1) is 10.1 Å². The van der Waals surface area contributed by atoms with E-state index in [2.05, 4.69) is 21.0 Å². The smallest absolute Gasteiger partial charge is 0.272 e. The number of halogens is 4. The molecule has 0 amide bonds. The van der Waals surface area contributed by atoms with Crippen LogP contribution < -0.4 is 0 Å². The molecule has 19 heavy (non-hydrogen) atoms. The second kappa shape index (κ2) is 4.65. The number of nitro benzene ring substituents is 1. The summed E-state index contributed by atoms with van der Waals surface area (Å²) in [5.74, 6) is 0. The highest BCUT2D eigenvalue weighted by Gasteiger charge is 2.37. The average molecular weight is 336 g/mol. The summed E-state index contributed by atoms with van der Waals surface area (Å²) < 4.78 is 37.5. The first-order valence-corrected chi connectivity index (χ1v) is 5.66. The molecule has 100 valence electrons. The molecule has 0 saturated heterocycles. The highest BCUT2D eigenvalue weighted by Crippen LogP contribution is 2.40. The fourth-order valence-corrected chi connectivity index (χ4v) is 2.14. The van der Waals surface area contributed by atoms with Crippen LogP contribution in [-0.2, 0) is 6.18 Å². The summed E-state index contributed by atoms with van der Waals surface area (Å²) in [4.78, 5) is 10.2. The van der Waals surface area contributed by atoms with Crippen molar-refractivity contribution in [1.82, 2.24) is 10.2 Å². The number of alkyl halides is 3. The molecule has 0 saturated carbocycles. The van der Waals surface area contributed by atoms with Gasteiger partial charge in [-0.05, 0) is 22.0 Å². The van der Waals surface area contributed by atoms with Crippen LogP contribution in [0.1, 0.15) is 5.69 Å². The molecule has 0 bridgehead atoms. The van der Waals surface area contributed by atoms with E-state index in [1.54, 1.807) is 0 Å². The van der Waals surface area contributed by atoms with Crippen molar-refractivity contribution in [2.75, 3.05) is 0 Å². The molecule has 1 aromatic carbocycles. The second-order valence-corrected chi connectivity index (χ2v) is 4.33. The molecule has 2 rings (SSSR count). The summed E-state index contributed by atoms with van der Waals surface area (Å²) >= 11 is 2.77. The van der Waals surface area contributed by atoms with Crippen LogP contribution in [0.25, 0.3) is 11.3 Å². The molecular weight excluding hydrogens is 331 g/mol. The van der Waals surface area contributed by atoms with Crippen molar-refractivity contribution in [3.8, 4) is 11.3 Å². The summed E-state index contributed by atoms with van der Waals surface area (Å²) in [6, 6.07) is 5.44. The number of H-pyrrole nitrogens is 1. The molecule has 9 heteroatoms. The fraction of sp³-hybridized carbons (Fsp3) is 0.100. The van der Waals surface area contributed by atoms with Crippen LogP contribution in [0.15, 0.2) is 28.7 Å². The molecule has 1 heterocycles. The van der Waals surface area contributed by atoms with Crippen molar-refractivity contribution in [2.45, 2.75) is 6.18 Å². The van der Waals surface area contributed by atoms with E-state index in [0.29, 0.717) is 0 Å². The third kappa shape index (κ3) is 2.46. The number of benzene rings is 1. The van der Waals surface area contributed by atoms with Gasteiger partial charge in [0.25, 0.3) is 5.69 Å². The standard InChI is InChI=1S/C10H5BrF3N3O2/c11-7-8(15-16-9(7)10(12,13)14)5-3-1-2-4-6(5)17(18)19/h1-4H,(H,15,16). The molecule has 0 atom stereocenters. The Balaban J connectivity index is 2.62. The third-order valence-electron chi connectivity index (χ3n) is 2.35. The lowest BCUT2D eigenvalue weighted by molar-refractivity contribution is -0.384. The predicted molar refractivity (Wildman–Crippen MR) is 63.4 cm³/mol. The Kier molecular flexibility index (Phi) is 3.31. The van der Waals surface area contributed by atoms with Gasteiger partial charge in [0.05, 0.1) is 15.0 Å². The van der Waals surface area contributed by atoms with E-state index in [4.69, 9.17) is 0 Å². The molecule has 0 fully saturated rings. The van der Waals surface area contributed by atoms with Crippen molar-refractivity contribution >= 4 is 21.6 Å². The monoisotopic (exact) mass is 335 g/mol. The number of rotatable bonds is 2. The van der Waals surface area contributed by atoms with Gasteiger partial charge >= 0.3 is 6.18 Å². The first kappa shape index (κ1) is 13.5. The summed E-state index contributed by atoms with van der Waals surface area (Å²) in [5, 5.41) is 16.2. The Labute approximate surface area is 112 Å². The minimum atomic E-state index is -4.62. The van der Waals surface area contributed by atoms with E-state index < -0.39 is 16.8 Å². The summed E-state index contributed by atoms with van der Waals surface area (Å²) in [6.45, 7) is 0. The van der Waals surface area contributed by atoms with Crippen LogP contribution in [-0.4, -0.2) is 15.1 Å². The van der Waals surface area contributed by atoms with E-state index in [1.165, 1.54) is 24.3 Å². The molecular formula is C10H5BrF3N3O2. The van der Waals surface area contributed by atoms with Gasteiger partial charge in [-0.2, -0.15) is 18.3 Å². The van der Waals surface area contributed by atoms with Crippen molar-refractivity contribution in [3.63, 3.8) is 0 Å². The molecule has 1 aromatic heterocycles. The number of hydrogen-bond donors (Lipinski definition) is 1. The van der Waals surface area contributed by atoms with E-state index in [9.17, 15) is 23.3 Å². The van der Waals surface area contributed by atoms with Crippen LogP contribution in [0.5, 0.6) is 0 Å². The van der Waals surface area contributed by atoms with E-state index in [0.717, 1.165) is 0 Å². The quantitative estimate of drug-likeness (QED) is 0.670. The minimum absolute atomic E-state index is 0.00567. The molecule has 1 N–H and O–H groups in total. The van der Waals surface area contributed by atoms with Gasteiger partial charge < -0.3 is 0 Å². The van der Waals surface area contributed by atoms with Crippen LogP contribution in [0.2, 0.25) is 0 Å². The fourth-order valence-electron chi connectivity index (χ4n) is 1.53. The van der Waals surface area contributed by atoms with Gasteiger partial charge in [-0.15, -0.1) is 0 Å². The van der Waals surface area contributed by atoms with Gasteiger partial charge in [-0.1, -0.05) is 12.1 Å². The van der Waals surface area contributed by atoms with E-state index >= 15 is 0 Å².